The molecule has 13 heavy (non-hydrogen) atoms. The van der Waals surface area contributed by atoms with Crippen molar-refractivity contribution in [2.75, 3.05) is 7.05 Å². The first-order valence-electron chi connectivity index (χ1n) is 3.26. The van der Waals surface area contributed by atoms with Crippen LogP contribution in [0.4, 0.5) is 0 Å². The summed E-state index contributed by atoms with van der Waals surface area (Å²) < 4.78 is 23.7. The van der Waals surface area contributed by atoms with Crippen molar-refractivity contribution in [3.63, 3.8) is 0 Å². The van der Waals surface area contributed by atoms with Gasteiger partial charge in [-0.2, -0.15) is 0 Å². The zero-order valence-corrected chi connectivity index (χ0v) is 8.83. The first kappa shape index (κ1) is 8.98. The van der Waals surface area contributed by atoms with E-state index in [4.69, 9.17) is 11.6 Å². The molecule has 1 amide bonds. The van der Waals surface area contributed by atoms with E-state index >= 15 is 0 Å². The standard InChI is InChI=1S/C6H4ClNO3S2/c1-8-6(9)4-5(13(8,10)11)3(7)2-12-4/h2H,1H3. The Balaban J connectivity index is 2.86. The summed E-state index contributed by atoms with van der Waals surface area (Å²) >= 11 is 6.70. The van der Waals surface area contributed by atoms with Gasteiger partial charge in [-0.15, -0.1) is 11.3 Å². The average Bonchev–Trinajstić information content (AvgIpc) is 2.50. The molecule has 2 rings (SSSR count). The predicted molar refractivity (Wildman–Crippen MR) is 48.6 cm³/mol. The van der Waals surface area contributed by atoms with Crippen molar-refractivity contribution in [2.24, 2.45) is 0 Å². The fourth-order valence-corrected chi connectivity index (χ4v) is 4.28. The number of rotatable bonds is 0. The highest BCUT2D eigenvalue weighted by Crippen LogP contribution is 2.38. The van der Waals surface area contributed by atoms with Crippen LogP contribution < -0.4 is 0 Å². The van der Waals surface area contributed by atoms with Crippen molar-refractivity contribution in [3.05, 3.63) is 15.3 Å². The minimum Gasteiger partial charge on any atom is -0.267 e. The van der Waals surface area contributed by atoms with Crippen LogP contribution in [0.1, 0.15) is 9.67 Å². The largest absolute Gasteiger partial charge is 0.278 e. The van der Waals surface area contributed by atoms with Gasteiger partial charge in [0.05, 0.1) is 5.02 Å². The highest BCUT2D eigenvalue weighted by Gasteiger charge is 2.42. The molecule has 70 valence electrons. The lowest BCUT2D eigenvalue weighted by Crippen LogP contribution is -2.25. The van der Waals surface area contributed by atoms with Gasteiger partial charge < -0.3 is 0 Å². The zero-order chi connectivity index (χ0) is 9.80. The number of hydrogen-bond acceptors (Lipinski definition) is 4. The van der Waals surface area contributed by atoms with E-state index in [1.807, 2.05) is 0 Å². The number of thiophene rings is 1. The van der Waals surface area contributed by atoms with Crippen molar-refractivity contribution in [3.8, 4) is 0 Å². The predicted octanol–water partition coefficient (Wildman–Crippen LogP) is 1.18. The van der Waals surface area contributed by atoms with Crippen LogP contribution in [-0.2, 0) is 10.0 Å². The quantitative estimate of drug-likeness (QED) is 0.681. The van der Waals surface area contributed by atoms with Crippen LogP contribution in [-0.4, -0.2) is 25.7 Å². The molecular weight excluding hydrogens is 234 g/mol. The lowest BCUT2D eigenvalue weighted by molar-refractivity contribution is 0.0896. The van der Waals surface area contributed by atoms with E-state index in [1.54, 1.807) is 0 Å². The molecule has 7 heteroatoms. The molecule has 0 N–H and O–H groups in total. The molecule has 1 aliphatic heterocycles. The second-order valence-corrected chi connectivity index (χ2v) is 5.71. The first-order chi connectivity index (χ1) is 5.96. The number of hydrogen-bond donors (Lipinski definition) is 0. The molecule has 0 radical (unpaired) electrons. The second-order valence-electron chi connectivity index (χ2n) is 2.52. The van der Waals surface area contributed by atoms with Crippen molar-refractivity contribution in [1.29, 1.82) is 0 Å². The Hall–Kier alpha value is -0.590. The Morgan fingerprint density at radius 2 is 2.15 bits per heavy atom. The minimum atomic E-state index is -3.66. The van der Waals surface area contributed by atoms with Gasteiger partial charge in [0.25, 0.3) is 15.9 Å². The molecule has 0 unspecified atom stereocenters. The monoisotopic (exact) mass is 237 g/mol. The van der Waals surface area contributed by atoms with E-state index in [9.17, 15) is 13.2 Å². The Labute approximate surface area is 83.8 Å². The SMILES string of the molecule is CN1C(=O)c2scc(Cl)c2S1(=O)=O. The summed E-state index contributed by atoms with van der Waals surface area (Å²) in [6.45, 7) is 0. The summed E-state index contributed by atoms with van der Waals surface area (Å²) in [7, 11) is -2.44. The molecule has 2 heterocycles. The van der Waals surface area contributed by atoms with Crippen molar-refractivity contribution in [2.45, 2.75) is 4.90 Å². The molecule has 1 aromatic heterocycles. The van der Waals surface area contributed by atoms with Crippen molar-refractivity contribution in [1.82, 2.24) is 4.31 Å². The summed E-state index contributed by atoms with van der Waals surface area (Å²) in [5, 5.41) is 1.58. The van der Waals surface area contributed by atoms with Gasteiger partial charge in [-0.1, -0.05) is 11.6 Å². The van der Waals surface area contributed by atoms with Crippen LogP contribution in [0.2, 0.25) is 5.02 Å². The van der Waals surface area contributed by atoms with Gasteiger partial charge in [0.2, 0.25) is 0 Å². The Kier molecular flexibility index (Phi) is 1.70. The van der Waals surface area contributed by atoms with E-state index in [-0.39, 0.29) is 14.8 Å². The van der Waals surface area contributed by atoms with Crippen LogP contribution in [0.5, 0.6) is 0 Å². The molecule has 1 aromatic rings. The van der Waals surface area contributed by atoms with Crippen molar-refractivity contribution >= 4 is 38.9 Å². The summed E-state index contributed by atoms with van der Waals surface area (Å²) in [4.78, 5) is 11.5. The van der Waals surface area contributed by atoms with Crippen molar-refractivity contribution < 1.29 is 13.2 Å². The van der Waals surface area contributed by atoms with Gasteiger partial charge in [0.15, 0.2) is 0 Å². The number of halogens is 1. The van der Waals surface area contributed by atoms with Crippen LogP contribution in [0.25, 0.3) is 0 Å². The number of sulfonamides is 1. The molecule has 0 atom stereocenters. The molecule has 0 saturated heterocycles. The highest BCUT2D eigenvalue weighted by molar-refractivity contribution is 7.90. The fourth-order valence-electron chi connectivity index (χ4n) is 1.10. The van der Waals surface area contributed by atoms with E-state index < -0.39 is 15.9 Å². The average molecular weight is 238 g/mol. The van der Waals surface area contributed by atoms with Crippen LogP contribution in [0.3, 0.4) is 0 Å². The van der Waals surface area contributed by atoms with Crippen LogP contribution >= 0.6 is 22.9 Å². The smallest absolute Gasteiger partial charge is 0.267 e. The van der Waals surface area contributed by atoms with Gasteiger partial charge in [0, 0.05) is 12.4 Å². The summed E-state index contributed by atoms with van der Waals surface area (Å²) in [5.74, 6) is -0.508. The molecule has 0 spiro atoms. The zero-order valence-electron chi connectivity index (χ0n) is 6.44. The molecule has 4 nitrogen and oxygen atoms in total. The molecule has 0 bridgehead atoms. The van der Waals surface area contributed by atoms with Gasteiger partial charge >= 0.3 is 0 Å². The molecule has 0 fully saturated rings. The summed E-state index contributed by atoms with van der Waals surface area (Å²) in [6, 6.07) is 0. The second kappa shape index (κ2) is 2.46. The number of amides is 1. The Morgan fingerprint density at radius 1 is 1.54 bits per heavy atom. The number of carbonyl (C=O) groups excluding carboxylic acids is 1. The third kappa shape index (κ3) is 0.962. The number of nitrogens with zero attached hydrogens (tertiary/aromatic N) is 1. The lowest BCUT2D eigenvalue weighted by atomic mass is 10.4. The Bertz CT molecular complexity index is 490. The maximum Gasteiger partial charge on any atom is 0.278 e. The molecule has 0 aliphatic carbocycles. The first-order valence-corrected chi connectivity index (χ1v) is 5.96. The summed E-state index contributed by atoms with van der Waals surface area (Å²) in [6.07, 6.45) is 0. The van der Waals surface area contributed by atoms with E-state index in [1.165, 1.54) is 12.4 Å². The van der Waals surface area contributed by atoms with Crippen LogP contribution in [0.15, 0.2) is 10.3 Å². The van der Waals surface area contributed by atoms with Gasteiger partial charge in [0.1, 0.15) is 9.77 Å². The fraction of sp³-hybridized carbons (Fsp3) is 0.167. The molecule has 0 saturated carbocycles. The number of carbonyl (C=O) groups is 1. The van der Waals surface area contributed by atoms with Gasteiger partial charge in [-0.25, -0.2) is 12.7 Å². The number of fused-ring (bicyclic) bond motifs is 1. The van der Waals surface area contributed by atoms with E-state index in [2.05, 4.69) is 0 Å². The Morgan fingerprint density at radius 3 is 2.69 bits per heavy atom. The molecular formula is C6H4ClNO3S2. The maximum absolute atomic E-state index is 11.5. The third-order valence-corrected chi connectivity index (χ3v) is 5.27. The normalized spacial score (nSPS) is 19.2. The lowest BCUT2D eigenvalue weighted by Gasteiger charge is -2.06. The van der Waals surface area contributed by atoms with Gasteiger partial charge in [-0.3, -0.25) is 4.79 Å². The topological polar surface area (TPSA) is 54.5 Å². The van der Waals surface area contributed by atoms with E-state index in [0.717, 1.165) is 11.3 Å². The molecule has 1 aliphatic rings. The highest BCUT2D eigenvalue weighted by atomic mass is 35.5. The molecule has 0 aromatic carbocycles. The van der Waals surface area contributed by atoms with E-state index in [0.29, 0.717) is 4.31 Å². The maximum atomic E-state index is 11.5. The van der Waals surface area contributed by atoms with Gasteiger partial charge in [-0.05, 0) is 0 Å². The summed E-state index contributed by atoms with van der Waals surface area (Å²) in [5.41, 5.74) is 0. The third-order valence-electron chi connectivity index (χ3n) is 1.80. The van der Waals surface area contributed by atoms with Crippen LogP contribution in [0, 0.1) is 0 Å². The minimum absolute atomic E-state index is 0.0494.